The quantitative estimate of drug-likeness (QED) is 0.0169. The molecule has 0 radical (unpaired) electrons. The highest BCUT2D eigenvalue weighted by Gasteiger charge is 2.30. The van der Waals surface area contributed by atoms with Crippen molar-refractivity contribution >= 4 is 39.5 Å². The smallest absolute Gasteiger partial charge is 0.462 e. The average Bonchev–Trinajstić information content (AvgIpc) is 1.36. The lowest BCUT2D eigenvalue weighted by Crippen LogP contribution is -2.30. The van der Waals surface area contributed by atoms with Crippen LogP contribution in [0.2, 0.25) is 0 Å². The first-order valence-electron chi connectivity index (χ1n) is 36.5. The molecule has 5 unspecified atom stereocenters. The zero-order valence-corrected chi connectivity index (χ0v) is 60.7. The van der Waals surface area contributed by atoms with E-state index in [-0.39, 0.29) is 25.7 Å². The molecule has 0 rings (SSSR count). The number of unbranched alkanes of at least 4 members (excludes halogenated alkanes) is 26. The lowest BCUT2D eigenvalue weighted by atomic mass is 10.1. The van der Waals surface area contributed by atoms with Crippen molar-refractivity contribution in [3.63, 3.8) is 0 Å². The minimum Gasteiger partial charge on any atom is -0.462 e. The molecule has 3 N–H and O–H groups in total. The third-order valence-corrected chi connectivity index (χ3v) is 16.9. The van der Waals surface area contributed by atoms with E-state index >= 15 is 0 Å². The molecule has 0 aliphatic heterocycles. The summed E-state index contributed by atoms with van der Waals surface area (Å²) in [5.41, 5.74) is 0. The summed E-state index contributed by atoms with van der Waals surface area (Å²) >= 11 is 0. The van der Waals surface area contributed by atoms with E-state index in [4.69, 9.17) is 37.0 Å². The fourth-order valence-corrected chi connectivity index (χ4v) is 11.0. The molecule has 0 saturated carbocycles. The van der Waals surface area contributed by atoms with Gasteiger partial charge in [-0.25, -0.2) is 9.13 Å². The maximum atomic E-state index is 13.0. The van der Waals surface area contributed by atoms with Crippen molar-refractivity contribution in [2.45, 2.75) is 316 Å². The molecular formula is C75H130O17P2. The zero-order valence-electron chi connectivity index (χ0n) is 58.9. The number of esters is 4. The minimum absolute atomic E-state index is 0.0745. The number of rotatable bonds is 68. The lowest BCUT2D eigenvalue weighted by Gasteiger charge is -2.21. The maximum Gasteiger partial charge on any atom is 0.472 e. The Morgan fingerprint density at radius 2 is 0.585 bits per heavy atom. The van der Waals surface area contributed by atoms with E-state index in [9.17, 15) is 43.2 Å². The van der Waals surface area contributed by atoms with Crippen molar-refractivity contribution in [1.82, 2.24) is 0 Å². The first-order chi connectivity index (χ1) is 45.7. The molecule has 0 aromatic carbocycles. The number of carbonyl (C=O) groups is 4. The zero-order chi connectivity index (χ0) is 69.0. The van der Waals surface area contributed by atoms with Gasteiger partial charge in [0.25, 0.3) is 0 Å². The number of ether oxygens (including phenoxy) is 4. The predicted molar refractivity (Wildman–Crippen MR) is 381 cm³/mol. The van der Waals surface area contributed by atoms with Crippen molar-refractivity contribution < 1.29 is 80.2 Å². The topological polar surface area (TPSA) is 237 Å². The molecule has 94 heavy (non-hydrogen) atoms. The third-order valence-electron chi connectivity index (χ3n) is 15.0. The van der Waals surface area contributed by atoms with Gasteiger partial charge in [-0.2, -0.15) is 0 Å². The Morgan fingerprint density at radius 3 is 0.936 bits per heavy atom. The Labute approximate surface area is 569 Å². The Bertz CT molecular complexity index is 2170. The molecule has 0 amide bonds. The molecule has 0 aromatic heterocycles. The van der Waals surface area contributed by atoms with E-state index in [0.717, 1.165) is 186 Å². The summed E-state index contributed by atoms with van der Waals surface area (Å²) in [7, 11) is -9.95. The molecule has 0 aromatic rings. The van der Waals surface area contributed by atoms with Gasteiger partial charge in [0.05, 0.1) is 26.4 Å². The van der Waals surface area contributed by atoms with E-state index in [1.54, 1.807) is 0 Å². The SMILES string of the molecule is CC/C=C\C/C=C\C/C=C\CCCCCCCC(=O)OCC(COP(=O)(O)OCC(O)COP(=O)(O)OCC(COC(=O)CCCCCCC/C=C\C/C=C\CCC)OC(=O)CCCCCCC/C=C\CCCC)OC(=O)CCCCCCC/C=C\C/C=C\CCCCC. The fourth-order valence-electron chi connectivity index (χ4n) is 9.40. The summed E-state index contributed by atoms with van der Waals surface area (Å²) in [6.45, 7) is 4.57. The van der Waals surface area contributed by atoms with Crippen LogP contribution in [-0.4, -0.2) is 96.7 Å². The number of allylic oxidation sites excluding steroid dienone is 16. The van der Waals surface area contributed by atoms with Gasteiger partial charge in [0.15, 0.2) is 12.2 Å². The molecule has 0 heterocycles. The molecule has 0 saturated heterocycles. The van der Waals surface area contributed by atoms with Gasteiger partial charge >= 0.3 is 39.5 Å². The van der Waals surface area contributed by atoms with Crippen molar-refractivity contribution in [1.29, 1.82) is 0 Å². The number of aliphatic hydroxyl groups is 1. The van der Waals surface area contributed by atoms with Gasteiger partial charge in [0, 0.05) is 25.7 Å². The largest absolute Gasteiger partial charge is 0.472 e. The molecule has 0 aliphatic rings. The van der Waals surface area contributed by atoms with Crippen molar-refractivity contribution in [3.8, 4) is 0 Å². The van der Waals surface area contributed by atoms with E-state index in [2.05, 4.69) is 125 Å². The van der Waals surface area contributed by atoms with Gasteiger partial charge in [-0.15, -0.1) is 0 Å². The number of carbonyl (C=O) groups excluding carboxylic acids is 4. The Kier molecular flexibility index (Phi) is 64.7. The van der Waals surface area contributed by atoms with E-state index in [1.807, 2.05) is 0 Å². The van der Waals surface area contributed by atoms with Gasteiger partial charge in [-0.1, -0.05) is 234 Å². The van der Waals surface area contributed by atoms with Gasteiger partial charge in [0.2, 0.25) is 0 Å². The highest BCUT2D eigenvalue weighted by atomic mass is 31.2. The first-order valence-corrected chi connectivity index (χ1v) is 39.5. The third kappa shape index (κ3) is 66.6. The summed E-state index contributed by atoms with van der Waals surface area (Å²) in [5, 5.41) is 10.6. The molecule has 17 nitrogen and oxygen atoms in total. The van der Waals surface area contributed by atoms with Crippen LogP contribution in [0.1, 0.15) is 297 Å². The Morgan fingerprint density at radius 1 is 0.309 bits per heavy atom. The van der Waals surface area contributed by atoms with Crippen LogP contribution in [0, 0.1) is 0 Å². The van der Waals surface area contributed by atoms with Gasteiger partial charge in [0.1, 0.15) is 19.3 Å². The Balaban J connectivity index is 5.36. The molecule has 0 spiro atoms. The van der Waals surface area contributed by atoms with Crippen LogP contribution in [0.4, 0.5) is 0 Å². The molecule has 5 atom stereocenters. The summed E-state index contributed by atoms with van der Waals surface area (Å²) in [5.74, 6) is -2.23. The summed E-state index contributed by atoms with van der Waals surface area (Å²) in [6, 6.07) is 0. The van der Waals surface area contributed by atoms with Crippen LogP contribution >= 0.6 is 15.6 Å². The van der Waals surface area contributed by atoms with Crippen molar-refractivity contribution in [2.24, 2.45) is 0 Å². The highest BCUT2D eigenvalue weighted by Crippen LogP contribution is 2.45. The highest BCUT2D eigenvalue weighted by molar-refractivity contribution is 7.47. The first kappa shape index (κ1) is 90.0. The Hall–Kier alpha value is -4.02. The van der Waals surface area contributed by atoms with Crippen LogP contribution in [-0.2, 0) is 65.4 Å². The second-order valence-corrected chi connectivity index (χ2v) is 27.0. The second-order valence-electron chi connectivity index (χ2n) is 24.1. The van der Waals surface area contributed by atoms with Crippen molar-refractivity contribution in [2.75, 3.05) is 39.6 Å². The molecule has 542 valence electrons. The lowest BCUT2D eigenvalue weighted by molar-refractivity contribution is -0.161. The molecule has 0 bridgehead atoms. The number of phosphoric acid groups is 2. The standard InChI is InChI=1S/C75H130O17P2/c1-5-9-13-17-21-25-29-32-34-37-41-44-48-52-56-60-73(78)86-66-71(92-75(80)62-58-54-50-46-42-38-35-33-30-26-22-18-14-10-6-2)68-90-94(83,84)88-64-69(76)63-87-93(81,82)89-67-70(91-74(79)61-57-53-49-45-39-28-24-20-16-12-8-4)65-85-72(77)59-55-51-47-43-40-36-31-27-23-19-15-11-7-3/h9,13,15,19-22,24-27,31-35,69-71,76H,5-8,10-12,14,16-18,23,28-30,36-68H2,1-4H3,(H,81,82)(H,83,84)/b13-9-,19-15-,24-20-,25-21-,26-22-,31-27-,34-32-,35-33-. The monoisotopic (exact) mass is 1360 g/mol. The van der Waals surface area contributed by atoms with Crippen LogP contribution in [0.5, 0.6) is 0 Å². The summed E-state index contributed by atoms with van der Waals surface area (Å²) < 4.78 is 68.3. The van der Waals surface area contributed by atoms with Crippen LogP contribution < -0.4 is 0 Å². The molecule has 0 fully saturated rings. The maximum absolute atomic E-state index is 13.0. The van der Waals surface area contributed by atoms with Crippen LogP contribution in [0.15, 0.2) is 97.2 Å². The molecule has 0 aliphatic carbocycles. The predicted octanol–water partition coefficient (Wildman–Crippen LogP) is 20.4. The summed E-state index contributed by atoms with van der Waals surface area (Å²) in [4.78, 5) is 72.6. The number of aliphatic hydroxyl groups excluding tert-OH is 1. The molecule has 19 heteroatoms. The number of phosphoric ester groups is 2. The molecular weight excluding hydrogens is 1230 g/mol. The summed E-state index contributed by atoms with van der Waals surface area (Å²) in [6.07, 6.45) is 68.4. The van der Waals surface area contributed by atoms with Gasteiger partial charge in [-0.05, 0) is 135 Å². The minimum atomic E-state index is -4.98. The number of hydrogen-bond acceptors (Lipinski definition) is 15. The van der Waals surface area contributed by atoms with Gasteiger partial charge < -0.3 is 33.8 Å². The van der Waals surface area contributed by atoms with E-state index in [0.29, 0.717) is 25.7 Å². The normalized spacial score (nSPS) is 14.6. The fraction of sp³-hybridized carbons (Fsp3) is 0.733. The average molecular weight is 1370 g/mol. The van der Waals surface area contributed by atoms with E-state index in [1.165, 1.54) is 32.1 Å². The number of hydrogen-bond donors (Lipinski definition) is 3. The second kappa shape index (κ2) is 67.5. The van der Waals surface area contributed by atoms with Crippen molar-refractivity contribution in [3.05, 3.63) is 97.2 Å². The van der Waals surface area contributed by atoms with Crippen LogP contribution in [0.25, 0.3) is 0 Å². The van der Waals surface area contributed by atoms with Gasteiger partial charge in [-0.3, -0.25) is 37.3 Å². The van der Waals surface area contributed by atoms with E-state index < -0.39 is 97.5 Å². The van der Waals surface area contributed by atoms with Crippen LogP contribution in [0.3, 0.4) is 0 Å².